The molecule has 1 N–H and O–H groups in total. The van der Waals surface area contributed by atoms with Crippen molar-refractivity contribution < 1.29 is 13.9 Å². The molecule has 3 aromatic rings. The van der Waals surface area contributed by atoms with Crippen LogP contribution in [0.15, 0.2) is 46.9 Å². The summed E-state index contributed by atoms with van der Waals surface area (Å²) in [4.78, 5) is 0. The summed E-state index contributed by atoms with van der Waals surface area (Å²) in [6.07, 6.45) is 0. The molecule has 6 nitrogen and oxygen atoms in total. The highest BCUT2D eigenvalue weighted by Gasteiger charge is 2.17. The molecule has 1 aromatic heterocycles. The number of nitrogens with one attached hydrogen (secondary N) is 1. The highest BCUT2D eigenvalue weighted by atomic mass is 16.7. The average Bonchev–Trinajstić information content (AvgIpc) is 3.24. The third kappa shape index (κ3) is 2.78. The molecule has 24 heavy (non-hydrogen) atoms. The molecule has 0 aliphatic carbocycles. The van der Waals surface area contributed by atoms with Crippen molar-refractivity contribution in [2.75, 3.05) is 12.1 Å². The second-order valence-corrected chi connectivity index (χ2v) is 5.75. The molecule has 2 aromatic carbocycles. The number of ether oxygens (including phenoxy) is 2. The van der Waals surface area contributed by atoms with E-state index in [9.17, 15) is 0 Å². The number of anilines is 1. The van der Waals surface area contributed by atoms with Crippen LogP contribution in [0.5, 0.6) is 11.5 Å². The van der Waals surface area contributed by atoms with Crippen molar-refractivity contribution in [2.24, 2.45) is 0 Å². The van der Waals surface area contributed by atoms with E-state index >= 15 is 0 Å². The van der Waals surface area contributed by atoms with Gasteiger partial charge in [0.2, 0.25) is 18.6 Å². The quantitative estimate of drug-likeness (QED) is 0.784. The lowest BCUT2D eigenvalue weighted by Gasteiger charge is -2.11. The van der Waals surface area contributed by atoms with Gasteiger partial charge in [-0.15, -0.1) is 10.2 Å². The number of aromatic nitrogens is 2. The van der Waals surface area contributed by atoms with Gasteiger partial charge in [-0.1, -0.05) is 17.7 Å². The minimum atomic E-state index is -0.128. The minimum Gasteiger partial charge on any atom is -0.454 e. The van der Waals surface area contributed by atoms with Crippen molar-refractivity contribution in [1.82, 2.24) is 10.2 Å². The third-order valence-electron chi connectivity index (χ3n) is 3.87. The second kappa shape index (κ2) is 5.88. The first-order valence-electron chi connectivity index (χ1n) is 7.76. The number of aryl methyl sites for hydroxylation is 1. The van der Waals surface area contributed by atoms with E-state index in [4.69, 9.17) is 13.9 Å². The average molecular weight is 323 g/mol. The van der Waals surface area contributed by atoms with Crippen LogP contribution in [0.4, 0.5) is 5.69 Å². The first-order chi connectivity index (χ1) is 11.7. The van der Waals surface area contributed by atoms with Crippen molar-refractivity contribution in [2.45, 2.75) is 19.9 Å². The lowest BCUT2D eigenvalue weighted by Crippen LogP contribution is -2.06. The molecule has 0 amide bonds. The highest BCUT2D eigenvalue weighted by Crippen LogP contribution is 2.35. The predicted octanol–water partition coefficient (Wildman–Crippen LogP) is 3.95. The van der Waals surface area contributed by atoms with E-state index in [1.54, 1.807) is 0 Å². The van der Waals surface area contributed by atoms with Gasteiger partial charge in [0.1, 0.15) is 6.04 Å². The first kappa shape index (κ1) is 14.6. The van der Waals surface area contributed by atoms with Gasteiger partial charge in [-0.25, -0.2) is 0 Å². The SMILES string of the molecule is Cc1ccc(-c2nnc([C@H](C)Nc3ccc4c(c3)OCO4)o2)cc1. The van der Waals surface area contributed by atoms with Crippen molar-refractivity contribution in [3.63, 3.8) is 0 Å². The number of rotatable bonds is 4. The molecule has 0 spiro atoms. The van der Waals surface area contributed by atoms with Crippen molar-refractivity contribution >= 4 is 5.69 Å². The molecule has 0 saturated carbocycles. The van der Waals surface area contributed by atoms with Crippen molar-refractivity contribution in [3.8, 4) is 23.0 Å². The van der Waals surface area contributed by atoms with Gasteiger partial charge in [0.05, 0.1) is 0 Å². The Hall–Kier alpha value is -3.02. The van der Waals surface area contributed by atoms with Gasteiger partial charge in [-0.2, -0.15) is 0 Å². The molecular formula is C18H17N3O3. The molecule has 6 heteroatoms. The number of benzene rings is 2. The van der Waals surface area contributed by atoms with E-state index in [0.717, 1.165) is 22.7 Å². The topological polar surface area (TPSA) is 69.4 Å². The largest absolute Gasteiger partial charge is 0.454 e. The second-order valence-electron chi connectivity index (χ2n) is 5.75. The zero-order chi connectivity index (χ0) is 16.5. The number of hydrogen-bond acceptors (Lipinski definition) is 6. The molecule has 1 aliphatic heterocycles. The van der Waals surface area contributed by atoms with Gasteiger partial charge >= 0.3 is 0 Å². The summed E-state index contributed by atoms with van der Waals surface area (Å²) in [6.45, 7) is 4.27. The van der Waals surface area contributed by atoms with E-state index < -0.39 is 0 Å². The predicted molar refractivity (Wildman–Crippen MR) is 89.1 cm³/mol. The summed E-state index contributed by atoms with van der Waals surface area (Å²) in [7, 11) is 0. The van der Waals surface area contributed by atoms with Crippen molar-refractivity contribution in [1.29, 1.82) is 0 Å². The van der Waals surface area contributed by atoms with Crippen LogP contribution in [0.1, 0.15) is 24.4 Å². The Morgan fingerprint density at radius 2 is 1.79 bits per heavy atom. The fraction of sp³-hybridized carbons (Fsp3) is 0.222. The standard InChI is InChI=1S/C18H17N3O3/c1-11-3-5-13(6-4-11)18-21-20-17(24-18)12(2)19-14-7-8-15-16(9-14)23-10-22-15/h3-9,12,19H,10H2,1-2H3/t12-/m0/s1. The van der Waals surface area contributed by atoms with Crippen LogP contribution in [0.2, 0.25) is 0 Å². The molecule has 1 aliphatic rings. The Labute approximate surface area is 139 Å². The number of nitrogens with zero attached hydrogens (tertiary/aromatic N) is 2. The molecule has 0 saturated heterocycles. The van der Waals surface area contributed by atoms with Crippen LogP contribution < -0.4 is 14.8 Å². The monoisotopic (exact) mass is 323 g/mol. The van der Waals surface area contributed by atoms with E-state index in [0.29, 0.717) is 11.8 Å². The van der Waals surface area contributed by atoms with Crippen LogP contribution >= 0.6 is 0 Å². The van der Waals surface area contributed by atoms with E-state index in [1.165, 1.54) is 5.56 Å². The summed E-state index contributed by atoms with van der Waals surface area (Å²) in [5, 5.41) is 11.6. The zero-order valence-electron chi connectivity index (χ0n) is 13.4. The van der Waals surface area contributed by atoms with Crippen LogP contribution in [0.3, 0.4) is 0 Å². The van der Waals surface area contributed by atoms with Crippen LogP contribution in [-0.4, -0.2) is 17.0 Å². The summed E-state index contributed by atoms with van der Waals surface area (Å²) < 4.78 is 16.5. The van der Waals surface area contributed by atoms with Gasteiger partial charge < -0.3 is 19.2 Å². The van der Waals surface area contributed by atoms with E-state index in [1.807, 2.05) is 56.3 Å². The molecular weight excluding hydrogens is 306 g/mol. The summed E-state index contributed by atoms with van der Waals surface area (Å²) >= 11 is 0. The van der Waals surface area contributed by atoms with Gasteiger partial charge in [-0.3, -0.25) is 0 Å². The molecule has 0 unspecified atom stereocenters. The number of fused-ring (bicyclic) bond motifs is 1. The summed E-state index contributed by atoms with van der Waals surface area (Å²) in [6, 6.07) is 13.6. The van der Waals surface area contributed by atoms with E-state index in [-0.39, 0.29) is 12.8 Å². The molecule has 0 fully saturated rings. The smallest absolute Gasteiger partial charge is 0.247 e. The minimum absolute atomic E-state index is 0.128. The highest BCUT2D eigenvalue weighted by molar-refractivity contribution is 5.56. The van der Waals surface area contributed by atoms with Crippen LogP contribution in [-0.2, 0) is 0 Å². The molecule has 1 atom stereocenters. The maximum Gasteiger partial charge on any atom is 0.247 e. The maximum absolute atomic E-state index is 5.80. The van der Waals surface area contributed by atoms with Gasteiger partial charge in [0.25, 0.3) is 0 Å². The Morgan fingerprint density at radius 3 is 2.62 bits per heavy atom. The number of hydrogen-bond donors (Lipinski definition) is 1. The lowest BCUT2D eigenvalue weighted by molar-refractivity contribution is 0.174. The van der Waals surface area contributed by atoms with E-state index in [2.05, 4.69) is 15.5 Å². The lowest BCUT2D eigenvalue weighted by atomic mass is 10.1. The fourth-order valence-corrected chi connectivity index (χ4v) is 2.52. The van der Waals surface area contributed by atoms with Crippen LogP contribution in [0.25, 0.3) is 11.5 Å². The fourth-order valence-electron chi connectivity index (χ4n) is 2.52. The van der Waals surface area contributed by atoms with Gasteiger partial charge in [-0.05, 0) is 38.1 Å². The summed E-state index contributed by atoms with van der Waals surface area (Å²) in [5.74, 6) is 2.54. The molecule has 122 valence electrons. The molecule has 2 heterocycles. The maximum atomic E-state index is 5.80. The molecule has 0 radical (unpaired) electrons. The Kier molecular flexibility index (Phi) is 3.57. The Bertz CT molecular complexity index is 858. The zero-order valence-corrected chi connectivity index (χ0v) is 13.4. The van der Waals surface area contributed by atoms with Crippen molar-refractivity contribution in [3.05, 3.63) is 53.9 Å². The molecule has 4 rings (SSSR count). The summed E-state index contributed by atoms with van der Waals surface area (Å²) in [5.41, 5.74) is 3.01. The first-order valence-corrected chi connectivity index (χ1v) is 7.76. The van der Waals surface area contributed by atoms with Gasteiger partial charge in [0.15, 0.2) is 11.5 Å². The molecule has 0 bridgehead atoms. The third-order valence-corrected chi connectivity index (χ3v) is 3.87. The normalized spacial score (nSPS) is 13.8. The Balaban J connectivity index is 1.50. The van der Waals surface area contributed by atoms with Gasteiger partial charge in [0, 0.05) is 17.3 Å². The van der Waals surface area contributed by atoms with Crippen LogP contribution in [0, 0.1) is 6.92 Å². The Morgan fingerprint density at radius 1 is 1.00 bits per heavy atom.